The Kier molecular flexibility index (Phi) is 7.75. The standard InChI is InChI=1S/C35H24Cl3F5N2O5/c1-12-4-5-16(10-20(12)36)44-30(47)18-7-6-17-19(21(18)31(44)48)11-34(37)32(49)45(28-26(42)24(40)23(39)25(41)27(28)43)33(50)35(34,38)22(17)15-8-13(2)29(46)14(3)9-15/h4-6,8-10,18-19,21-22,46H,7,11H2,1-3H3/t18-,19+,21-,22-,34+,35-/m0/s1. The molecule has 7 rings (SSSR count). The first-order chi connectivity index (χ1) is 23.4. The zero-order valence-electron chi connectivity index (χ0n) is 26.2. The first-order valence-corrected chi connectivity index (χ1v) is 16.4. The third-order valence-corrected chi connectivity index (χ3v) is 12.3. The first-order valence-electron chi connectivity index (χ1n) is 15.3. The highest BCUT2D eigenvalue weighted by molar-refractivity contribution is 6.58. The predicted octanol–water partition coefficient (Wildman–Crippen LogP) is 7.43. The minimum atomic E-state index is -2.66. The van der Waals surface area contributed by atoms with Gasteiger partial charge in [-0.1, -0.05) is 41.4 Å². The lowest BCUT2D eigenvalue weighted by atomic mass is 9.56. The molecule has 2 aliphatic carbocycles. The molecule has 1 saturated carbocycles. The zero-order chi connectivity index (χ0) is 36.5. The number of halogens is 8. The van der Waals surface area contributed by atoms with Crippen LogP contribution in [0.3, 0.4) is 0 Å². The summed E-state index contributed by atoms with van der Waals surface area (Å²) in [6.07, 6.45) is 0.954. The number of phenolic OH excluding ortho intramolecular Hbond substituents is 1. The van der Waals surface area contributed by atoms with Gasteiger partial charge in [0.25, 0.3) is 11.8 Å². The number of carbonyl (C=O) groups is 4. The number of phenols is 1. The van der Waals surface area contributed by atoms with Crippen LogP contribution >= 0.6 is 34.8 Å². The summed E-state index contributed by atoms with van der Waals surface area (Å²) in [7, 11) is 0. The van der Waals surface area contributed by atoms with E-state index in [1.54, 1.807) is 39.0 Å². The Balaban J connectivity index is 1.44. The van der Waals surface area contributed by atoms with E-state index >= 15 is 8.78 Å². The van der Waals surface area contributed by atoms with Gasteiger partial charge in [0.15, 0.2) is 33.0 Å². The number of imide groups is 2. The Morgan fingerprint density at radius 3 is 1.92 bits per heavy atom. The number of amides is 4. The molecule has 2 saturated heterocycles. The fourth-order valence-corrected chi connectivity index (χ4v) is 9.18. The minimum absolute atomic E-state index is 0.0184. The molecule has 2 aliphatic heterocycles. The van der Waals surface area contributed by atoms with Gasteiger partial charge < -0.3 is 5.11 Å². The molecule has 0 spiro atoms. The number of alkyl halides is 2. The normalized spacial score (nSPS) is 29.0. The molecule has 4 amide bonds. The Morgan fingerprint density at radius 2 is 1.34 bits per heavy atom. The van der Waals surface area contributed by atoms with E-state index in [0.717, 1.165) is 4.90 Å². The lowest BCUT2D eigenvalue weighted by molar-refractivity contribution is -0.125. The fourth-order valence-electron chi connectivity index (χ4n) is 8.07. The maximum atomic E-state index is 15.2. The molecule has 15 heteroatoms. The maximum Gasteiger partial charge on any atom is 0.258 e. The summed E-state index contributed by atoms with van der Waals surface area (Å²) in [5.74, 6) is -21.4. The predicted molar refractivity (Wildman–Crippen MR) is 173 cm³/mol. The van der Waals surface area contributed by atoms with Crippen LogP contribution in [0, 0.1) is 67.6 Å². The average molecular weight is 754 g/mol. The maximum absolute atomic E-state index is 15.2. The summed E-state index contributed by atoms with van der Waals surface area (Å²) in [5, 5.41) is 10.9. The van der Waals surface area contributed by atoms with Crippen molar-refractivity contribution in [2.24, 2.45) is 17.8 Å². The molecule has 0 aromatic heterocycles. The van der Waals surface area contributed by atoms with Crippen LogP contribution in [0.15, 0.2) is 42.0 Å². The van der Waals surface area contributed by atoms with Gasteiger partial charge in [-0.15, -0.1) is 23.2 Å². The number of rotatable bonds is 3. The Hall–Kier alpha value is -4.00. The molecule has 3 aromatic rings. The molecule has 0 unspecified atom stereocenters. The van der Waals surface area contributed by atoms with Crippen molar-refractivity contribution in [1.82, 2.24) is 0 Å². The lowest BCUT2D eigenvalue weighted by Gasteiger charge is -2.50. The van der Waals surface area contributed by atoms with Crippen LogP contribution in [0.25, 0.3) is 0 Å². The molecular weight excluding hydrogens is 730 g/mol. The lowest BCUT2D eigenvalue weighted by Crippen LogP contribution is -2.60. The zero-order valence-corrected chi connectivity index (χ0v) is 28.5. The first kappa shape index (κ1) is 34.4. The van der Waals surface area contributed by atoms with Crippen molar-refractivity contribution in [3.05, 3.63) is 98.3 Å². The van der Waals surface area contributed by atoms with Gasteiger partial charge >= 0.3 is 0 Å². The van der Waals surface area contributed by atoms with Crippen molar-refractivity contribution in [3.63, 3.8) is 0 Å². The van der Waals surface area contributed by atoms with Gasteiger partial charge in [-0.2, -0.15) is 0 Å². The quantitative estimate of drug-likeness (QED) is 0.0750. The summed E-state index contributed by atoms with van der Waals surface area (Å²) < 4.78 is 73.4. The average Bonchev–Trinajstić information content (AvgIpc) is 3.41. The van der Waals surface area contributed by atoms with E-state index in [0.29, 0.717) is 27.3 Å². The van der Waals surface area contributed by atoms with Crippen LogP contribution < -0.4 is 9.80 Å². The molecule has 7 nitrogen and oxygen atoms in total. The monoisotopic (exact) mass is 752 g/mol. The van der Waals surface area contributed by atoms with E-state index < -0.39 is 98.2 Å². The summed E-state index contributed by atoms with van der Waals surface area (Å²) in [4.78, 5) is 52.2. The minimum Gasteiger partial charge on any atom is -0.507 e. The summed E-state index contributed by atoms with van der Waals surface area (Å²) >= 11 is 20.6. The van der Waals surface area contributed by atoms with Gasteiger partial charge in [0.05, 0.1) is 17.5 Å². The molecule has 4 aliphatic rings. The van der Waals surface area contributed by atoms with Crippen molar-refractivity contribution < 1.29 is 46.2 Å². The second kappa shape index (κ2) is 11.2. The van der Waals surface area contributed by atoms with E-state index in [2.05, 4.69) is 0 Å². The van der Waals surface area contributed by atoms with Crippen LogP contribution in [-0.4, -0.2) is 38.5 Å². The van der Waals surface area contributed by atoms with Crippen LogP contribution in [0.4, 0.5) is 33.3 Å². The number of hydrogen-bond donors (Lipinski definition) is 1. The number of nitrogens with zero attached hydrogens (tertiary/aromatic N) is 2. The third kappa shape index (κ3) is 4.27. The molecule has 2 heterocycles. The number of fused-ring (bicyclic) bond motifs is 4. The molecule has 6 atom stereocenters. The highest BCUT2D eigenvalue weighted by Crippen LogP contribution is 2.66. The number of aryl methyl sites for hydroxylation is 3. The van der Waals surface area contributed by atoms with Gasteiger partial charge in [-0.05, 0) is 73.9 Å². The van der Waals surface area contributed by atoms with E-state index in [4.69, 9.17) is 34.8 Å². The van der Waals surface area contributed by atoms with E-state index in [9.17, 15) is 37.5 Å². The van der Waals surface area contributed by atoms with Crippen molar-refractivity contribution in [1.29, 1.82) is 0 Å². The summed E-state index contributed by atoms with van der Waals surface area (Å²) in [5.41, 5.74) is 0.141. The highest BCUT2D eigenvalue weighted by atomic mass is 35.5. The third-order valence-electron chi connectivity index (χ3n) is 10.5. The number of carbonyl (C=O) groups excluding carboxylic acids is 4. The molecule has 0 radical (unpaired) electrons. The number of allylic oxidation sites excluding steroid dienone is 2. The van der Waals surface area contributed by atoms with Gasteiger partial charge in [-0.25, -0.2) is 31.8 Å². The van der Waals surface area contributed by atoms with Crippen molar-refractivity contribution in [2.45, 2.75) is 49.3 Å². The Labute approximate surface area is 296 Å². The van der Waals surface area contributed by atoms with Crippen LogP contribution in [0.2, 0.25) is 5.02 Å². The van der Waals surface area contributed by atoms with Crippen molar-refractivity contribution in [3.8, 4) is 5.75 Å². The summed E-state index contributed by atoms with van der Waals surface area (Å²) in [6.45, 7) is 4.82. The highest BCUT2D eigenvalue weighted by Gasteiger charge is 2.77. The van der Waals surface area contributed by atoms with Crippen molar-refractivity contribution in [2.75, 3.05) is 9.80 Å². The molecule has 50 heavy (non-hydrogen) atoms. The SMILES string of the molecule is Cc1ccc(N2C(=O)[C@H]3[C@H](CC=C4[C@H]3C[C@@]3(Cl)C(=O)N(c5c(F)c(F)c(F)c(F)c5F)C(=O)[C@@]3(Cl)[C@H]4c3cc(C)c(O)c(C)c3)C2=O)cc1Cl. The van der Waals surface area contributed by atoms with Gasteiger partial charge in [0.1, 0.15) is 11.4 Å². The molecule has 1 N–H and O–H groups in total. The van der Waals surface area contributed by atoms with E-state index in [-0.39, 0.29) is 28.3 Å². The Morgan fingerprint density at radius 1 is 0.760 bits per heavy atom. The smallest absolute Gasteiger partial charge is 0.258 e. The van der Waals surface area contributed by atoms with Gasteiger partial charge in [0, 0.05) is 10.9 Å². The Bertz CT molecular complexity index is 2110. The van der Waals surface area contributed by atoms with Crippen LogP contribution in [0.5, 0.6) is 5.75 Å². The topological polar surface area (TPSA) is 95.0 Å². The van der Waals surface area contributed by atoms with E-state index in [1.165, 1.54) is 18.2 Å². The molecule has 260 valence electrons. The number of anilines is 2. The molecular formula is C35H24Cl3F5N2O5. The number of aromatic hydroxyl groups is 1. The number of hydrogen-bond acceptors (Lipinski definition) is 5. The fraction of sp³-hybridized carbons (Fsp3) is 0.314. The van der Waals surface area contributed by atoms with Crippen LogP contribution in [0.1, 0.15) is 41.0 Å². The molecule has 0 bridgehead atoms. The van der Waals surface area contributed by atoms with Crippen LogP contribution in [-0.2, 0) is 19.2 Å². The van der Waals surface area contributed by atoms with Gasteiger partial charge in [0.2, 0.25) is 17.6 Å². The molecule has 3 fully saturated rings. The number of benzene rings is 3. The second-order valence-corrected chi connectivity index (χ2v) is 14.8. The second-order valence-electron chi connectivity index (χ2n) is 13.1. The van der Waals surface area contributed by atoms with E-state index in [1.807, 2.05) is 0 Å². The van der Waals surface area contributed by atoms with Gasteiger partial charge in [-0.3, -0.25) is 19.2 Å². The molecule has 3 aromatic carbocycles. The summed E-state index contributed by atoms with van der Waals surface area (Å²) in [6, 6.07) is 7.53. The largest absolute Gasteiger partial charge is 0.507 e. The van der Waals surface area contributed by atoms with Crippen molar-refractivity contribution >= 4 is 69.8 Å².